The molecule has 0 heterocycles. The molecule has 0 aliphatic carbocycles. The predicted molar refractivity (Wildman–Crippen MR) is 58.7 cm³/mol. The van der Waals surface area contributed by atoms with Crippen molar-refractivity contribution < 1.29 is 56.7 Å². The van der Waals surface area contributed by atoms with Crippen molar-refractivity contribution in [2.24, 2.45) is 0 Å². The Labute approximate surface area is 158 Å². The molecule has 0 fully saturated rings. The van der Waals surface area contributed by atoms with Crippen molar-refractivity contribution >= 4 is 53.4 Å². The van der Waals surface area contributed by atoms with Crippen molar-refractivity contribution in [1.29, 1.82) is 0 Å². The molecule has 0 aromatic rings. The molecule has 0 atom stereocenters. The first-order valence-corrected chi connectivity index (χ1v) is 5.44. The molecular weight excluding hydrogens is 355 g/mol. The molecule has 0 saturated carbocycles. The summed E-state index contributed by atoms with van der Waals surface area (Å²) in [5.41, 5.74) is 0. The van der Waals surface area contributed by atoms with Crippen molar-refractivity contribution in [2.45, 2.75) is 0 Å². The Kier molecular flexibility index (Phi) is 16.6. The maximum absolute atomic E-state index is 10.4. The van der Waals surface area contributed by atoms with Gasteiger partial charge < -0.3 is 39.6 Å². The molecule has 12 heteroatoms. The summed E-state index contributed by atoms with van der Waals surface area (Å²) in [6, 6.07) is 0. The first-order valence-electron chi connectivity index (χ1n) is 5.44. The van der Waals surface area contributed by atoms with E-state index in [1.165, 1.54) is 0 Å². The number of carboxylic acids is 4. The van der Waals surface area contributed by atoms with Gasteiger partial charge in [0.15, 0.2) is 0 Å². The van der Waals surface area contributed by atoms with E-state index in [1.54, 1.807) is 0 Å². The van der Waals surface area contributed by atoms with Gasteiger partial charge in [-0.25, -0.2) is 0 Å². The summed E-state index contributed by atoms with van der Waals surface area (Å²) in [6.45, 7) is -3.25. The summed E-state index contributed by atoms with van der Waals surface area (Å²) >= 11 is 0. The van der Waals surface area contributed by atoms with Gasteiger partial charge in [-0.2, -0.15) is 0 Å². The topological polar surface area (TPSA) is 167 Å². The number of carbonyl (C=O) groups is 4. The van der Waals surface area contributed by atoms with Crippen LogP contribution in [0, 0.1) is 0 Å². The molecule has 0 N–H and O–H groups in total. The van der Waals surface area contributed by atoms with E-state index in [-0.39, 0.29) is 59.7 Å². The van der Waals surface area contributed by atoms with Gasteiger partial charge in [0.25, 0.3) is 0 Å². The molecule has 0 spiro atoms. The molecule has 0 aromatic heterocycles. The molecule has 0 amide bonds. The molecule has 1 radical (unpaired) electrons. The van der Waals surface area contributed by atoms with Crippen LogP contribution in [-0.4, -0.2) is 103 Å². The molecule has 0 bridgehead atoms. The summed E-state index contributed by atoms with van der Waals surface area (Å²) < 4.78 is 0. The van der Waals surface area contributed by atoms with Crippen molar-refractivity contribution in [3.8, 4) is 0 Å². The predicted octanol–water partition coefficient (Wildman–Crippen LogP) is -7.79. The molecule has 123 valence electrons. The van der Waals surface area contributed by atoms with Crippen LogP contribution >= 0.6 is 0 Å². The number of hydrogen-bond donors (Lipinski definition) is 0. The third kappa shape index (κ3) is 15.7. The van der Waals surface area contributed by atoms with E-state index in [0.29, 0.717) is 0 Å². The van der Waals surface area contributed by atoms with Crippen molar-refractivity contribution in [2.75, 3.05) is 39.3 Å². The number of rotatable bonds is 11. The third-order valence-electron chi connectivity index (χ3n) is 2.14. The van der Waals surface area contributed by atoms with E-state index in [9.17, 15) is 39.6 Å². The van der Waals surface area contributed by atoms with E-state index in [1.807, 2.05) is 0 Å². The van der Waals surface area contributed by atoms with Crippen LogP contribution < -0.4 is 20.4 Å². The smallest absolute Gasteiger partial charge is 0.0555 e. The van der Waals surface area contributed by atoms with Crippen LogP contribution in [0.3, 0.4) is 0 Å². The summed E-state index contributed by atoms with van der Waals surface area (Å²) in [5, 5.41) is 41.6. The van der Waals surface area contributed by atoms with Gasteiger partial charge in [-0.1, -0.05) is 0 Å². The number of aliphatic carboxylic acids is 4. The van der Waals surface area contributed by atoms with Gasteiger partial charge in [-0.05, 0) is 0 Å². The second kappa shape index (κ2) is 13.9. The number of hydrogen-bond acceptors (Lipinski definition) is 10. The fourth-order valence-corrected chi connectivity index (χ4v) is 1.44. The zero-order valence-corrected chi connectivity index (χ0v) is 14.9. The summed E-state index contributed by atoms with van der Waals surface area (Å²) in [5.74, 6) is -6.12. The van der Waals surface area contributed by atoms with Gasteiger partial charge >= 0.3 is 0 Å². The average molecular weight is 367 g/mol. The molecule has 0 aliphatic rings. The molecule has 0 rings (SSSR count). The third-order valence-corrected chi connectivity index (χ3v) is 2.14. The molecule has 0 aliphatic heterocycles. The van der Waals surface area contributed by atoms with Crippen LogP contribution in [-0.2, 0) is 36.2 Å². The Hall–Kier alpha value is -0.681. The first kappa shape index (κ1) is 26.2. The minimum atomic E-state index is -1.53. The fraction of sp³-hybridized carbons (Fsp3) is 0.600. The van der Waals surface area contributed by atoms with Crippen molar-refractivity contribution in [3.05, 3.63) is 0 Å². The molecule has 0 saturated heterocycles. The molecule has 10 nitrogen and oxygen atoms in total. The van der Waals surface area contributed by atoms with Gasteiger partial charge in [0, 0.05) is 85.9 Å². The van der Waals surface area contributed by atoms with Crippen molar-refractivity contribution in [1.82, 2.24) is 9.80 Å². The Bertz CT molecular complexity index is 327. The number of carbonyl (C=O) groups excluding carboxylic acids is 4. The van der Waals surface area contributed by atoms with Gasteiger partial charge in [0.2, 0.25) is 0 Å². The summed E-state index contributed by atoms with van der Waals surface area (Å²) in [7, 11) is 0. The molecule has 22 heavy (non-hydrogen) atoms. The van der Waals surface area contributed by atoms with Crippen LogP contribution in [0.4, 0.5) is 0 Å². The largest absolute Gasteiger partial charge is 0.549 e. The van der Waals surface area contributed by atoms with E-state index < -0.39 is 50.1 Å². The Morgan fingerprint density at radius 3 is 0.909 bits per heavy atom. The molecular formula is C10H12FeN2NaO8-4. The maximum atomic E-state index is 10.4. The van der Waals surface area contributed by atoms with Crippen molar-refractivity contribution in [3.63, 3.8) is 0 Å². The minimum Gasteiger partial charge on any atom is -0.549 e. The van der Waals surface area contributed by atoms with Crippen LogP contribution in [0.1, 0.15) is 0 Å². The molecule has 0 aromatic carbocycles. The Balaban J connectivity index is -0.00000180. The van der Waals surface area contributed by atoms with Gasteiger partial charge in [-0.3, -0.25) is 9.80 Å². The summed E-state index contributed by atoms with van der Waals surface area (Å²) in [6.07, 6.45) is 0. The summed E-state index contributed by atoms with van der Waals surface area (Å²) in [4.78, 5) is 43.4. The minimum absolute atomic E-state index is 0. The SMILES string of the molecule is O=C([O-])CN(CCN(CC(=O)[O-])CC(=O)[O-])CC(=O)[O-].[Fe].[Na]. The quantitative estimate of drug-likeness (QED) is 0.320. The van der Waals surface area contributed by atoms with Crippen LogP contribution in [0.25, 0.3) is 0 Å². The van der Waals surface area contributed by atoms with Crippen LogP contribution in [0.15, 0.2) is 0 Å². The van der Waals surface area contributed by atoms with E-state index in [2.05, 4.69) is 0 Å². The maximum Gasteiger partial charge on any atom is 0.0555 e. The second-order valence-corrected chi connectivity index (χ2v) is 3.91. The number of nitrogens with zero attached hydrogens (tertiary/aromatic N) is 2. The standard InChI is InChI=1S/C10H16N2O8.Fe.Na/c13-7(14)3-11(4-8(15)16)1-2-12(5-9(17)18)6-10(19)20;;/h1-6H2,(H,13,14)(H,15,16)(H,17,18)(H,19,20);;/p-4. The van der Waals surface area contributed by atoms with Gasteiger partial charge in [-0.15, -0.1) is 0 Å². The zero-order chi connectivity index (χ0) is 15.7. The second-order valence-electron chi connectivity index (χ2n) is 3.91. The average Bonchev–Trinajstić information content (AvgIpc) is 2.22. The van der Waals surface area contributed by atoms with Gasteiger partial charge in [0.05, 0.1) is 23.9 Å². The molecule has 0 unspecified atom stereocenters. The van der Waals surface area contributed by atoms with Crippen LogP contribution in [0.2, 0.25) is 0 Å². The van der Waals surface area contributed by atoms with E-state index in [4.69, 9.17) is 0 Å². The monoisotopic (exact) mass is 367 g/mol. The first-order chi connectivity index (χ1) is 9.20. The fourth-order valence-electron chi connectivity index (χ4n) is 1.44. The van der Waals surface area contributed by atoms with Crippen LogP contribution in [0.5, 0.6) is 0 Å². The zero-order valence-electron chi connectivity index (χ0n) is 11.8. The van der Waals surface area contributed by atoms with Gasteiger partial charge in [0.1, 0.15) is 0 Å². The normalized spacial score (nSPS) is 9.73. The number of carboxylic acid groups (broad SMARTS) is 4. The van der Waals surface area contributed by atoms with E-state index in [0.717, 1.165) is 9.80 Å². The Morgan fingerprint density at radius 2 is 0.773 bits per heavy atom. The Morgan fingerprint density at radius 1 is 0.591 bits per heavy atom. The van der Waals surface area contributed by atoms with E-state index >= 15 is 0 Å².